The topological polar surface area (TPSA) is 32.3 Å². The maximum atomic E-state index is 13.6. The Hall–Kier alpha value is -0.930. The van der Waals surface area contributed by atoms with Gasteiger partial charge in [-0.25, -0.2) is 4.39 Å². The van der Waals surface area contributed by atoms with Crippen molar-refractivity contribution in [2.24, 2.45) is 5.92 Å². The van der Waals surface area contributed by atoms with Gasteiger partial charge in [0.05, 0.1) is 0 Å². The lowest BCUT2D eigenvalue weighted by Gasteiger charge is -2.31. The molecule has 0 bridgehead atoms. The largest absolute Gasteiger partial charge is 0.396 e. The highest BCUT2D eigenvalue weighted by atomic mass is 19.1. The van der Waals surface area contributed by atoms with Crippen LogP contribution >= 0.6 is 0 Å². The Morgan fingerprint density at radius 2 is 2.20 bits per heavy atom. The van der Waals surface area contributed by atoms with Gasteiger partial charge in [0.1, 0.15) is 5.82 Å². The number of piperidine rings is 1. The lowest BCUT2D eigenvalue weighted by Crippen LogP contribution is -2.36. The first-order valence-corrected chi connectivity index (χ1v) is 5.41. The van der Waals surface area contributed by atoms with Crippen molar-refractivity contribution in [1.82, 2.24) is 5.32 Å². The molecule has 1 aromatic carbocycles. The second-order valence-corrected chi connectivity index (χ2v) is 4.04. The summed E-state index contributed by atoms with van der Waals surface area (Å²) in [6, 6.07) is 6.75. The van der Waals surface area contributed by atoms with Gasteiger partial charge in [-0.05, 0) is 25.5 Å². The number of nitrogens with one attached hydrogen (secondary N) is 1. The Bertz CT molecular complexity index is 329. The van der Waals surface area contributed by atoms with Crippen molar-refractivity contribution in [2.75, 3.05) is 13.2 Å². The van der Waals surface area contributed by atoms with Gasteiger partial charge >= 0.3 is 0 Å². The molecule has 0 radical (unpaired) electrons. The molecule has 2 unspecified atom stereocenters. The first-order valence-electron chi connectivity index (χ1n) is 5.41. The molecule has 2 N–H and O–H groups in total. The summed E-state index contributed by atoms with van der Waals surface area (Å²) < 4.78 is 13.6. The second kappa shape index (κ2) is 4.73. The summed E-state index contributed by atoms with van der Waals surface area (Å²) in [5.41, 5.74) is 0.677. The molecule has 0 aromatic heterocycles. The van der Waals surface area contributed by atoms with Crippen LogP contribution in [0.5, 0.6) is 0 Å². The number of hydrogen-bond donors (Lipinski definition) is 2. The minimum absolute atomic E-state index is 0.0371. The van der Waals surface area contributed by atoms with Gasteiger partial charge in [0.25, 0.3) is 0 Å². The van der Waals surface area contributed by atoms with Gasteiger partial charge in [0.15, 0.2) is 0 Å². The van der Waals surface area contributed by atoms with E-state index in [1.807, 2.05) is 6.07 Å². The van der Waals surface area contributed by atoms with Crippen LogP contribution in [0.2, 0.25) is 0 Å². The predicted octanol–water partition coefficient (Wildman–Crippen LogP) is 1.86. The Labute approximate surface area is 89.1 Å². The molecule has 2 nitrogen and oxygen atoms in total. The van der Waals surface area contributed by atoms with Gasteiger partial charge in [-0.1, -0.05) is 18.2 Å². The lowest BCUT2D eigenvalue weighted by atomic mass is 9.87. The number of halogens is 1. The van der Waals surface area contributed by atoms with Crippen LogP contribution in [-0.4, -0.2) is 18.3 Å². The number of aliphatic hydroxyl groups excluding tert-OH is 1. The van der Waals surface area contributed by atoms with E-state index in [9.17, 15) is 9.50 Å². The molecule has 3 heteroatoms. The van der Waals surface area contributed by atoms with Crippen LogP contribution in [0.25, 0.3) is 0 Å². The molecule has 2 atom stereocenters. The number of rotatable bonds is 2. The van der Waals surface area contributed by atoms with Gasteiger partial charge < -0.3 is 10.4 Å². The third-order valence-electron chi connectivity index (χ3n) is 3.06. The predicted molar refractivity (Wildman–Crippen MR) is 57.0 cm³/mol. The Balaban J connectivity index is 2.24. The Kier molecular flexibility index (Phi) is 3.34. The summed E-state index contributed by atoms with van der Waals surface area (Å²) in [6.45, 7) is 1.02. The lowest BCUT2D eigenvalue weighted by molar-refractivity contribution is 0.158. The van der Waals surface area contributed by atoms with Gasteiger partial charge in [-0.15, -0.1) is 0 Å². The monoisotopic (exact) mass is 209 g/mol. The van der Waals surface area contributed by atoms with Crippen molar-refractivity contribution in [3.63, 3.8) is 0 Å². The number of aliphatic hydroxyl groups is 1. The molecule has 1 aliphatic rings. The van der Waals surface area contributed by atoms with E-state index in [-0.39, 0.29) is 24.4 Å². The summed E-state index contributed by atoms with van der Waals surface area (Å²) in [7, 11) is 0. The fraction of sp³-hybridized carbons (Fsp3) is 0.500. The minimum Gasteiger partial charge on any atom is -0.396 e. The quantitative estimate of drug-likeness (QED) is 0.779. The summed E-state index contributed by atoms with van der Waals surface area (Å²) >= 11 is 0. The van der Waals surface area contributed by atoms with E-state index in [4.69, 9.17) is 0 Å². The summed E-state index contributed by atoms with van der Waals surface area (Å²) in [4.78, 5) is 0. The zero-order valence-electron chi connectivity index (χ0n) is 8.62. The molecule has 0 spiro atoms. The molecule has 1 aliphatic heterocycles. The standard InChI is InChI=1S/C12H16FNO/c13-11-6-2-1-5-10(11)12-9(8-15)4-3-7-14-12/h1-2,5-6,9,12,14-15H,3-4,7-8H2. The van der Waals surface area contributed by atoms with E-state index in [0.717, 1.165) is 19.4 Å². The Morgan fingerprint density at radius 3 is 2.93 bits per heavy atom. The van der Waals surface area contributed by atoms with E-state index in [1.165, 1.54) is 6.07 Å². The maximum absolute atomic E-state index is 13.6. The zero-order chi connectivity index (χ0) is 10.7. The molecule has 0 saturated carbocycles. The normalized spacial score (nSPS) is 26.5. The van der Waals surface area contributed by atoms with Gasteiger partial charge in [0, 0.05) is 24.1 Å². The third-order valence-corrected chi connectivity index (χ3v) is 3.06. The van der Waals surface area contributed by atoms with Crippen LogP contribution in [0.3, 0.4) is 0 Å². The summed E-state index contributed by atoms with van der Waals surface area (Å²) in [5, 5.41) is 12.5. The first-order chi connectivity index (χ1) is 7.33. The average molecular weight is 209 g/mol. The molecule has 1 saturated heterocycles. The fourth-order valence-corrected chi connectivity index (χ4v) is 2.24. The fourth-order valence-electron chi connectivity index (χ4n) is 2.24. The molecule has 1 aromatic rings. The maximum Gasteiger partial charge on any atom is 0.127 e. The zero-order valence-corrected chi connectivity index (χ0v) is 8.62. The van der Waals surface area contributed by atoms with Gasteiger partial charge in [-0.3, -0.25) is 0 Å². The average Bonchev–Trinajstić information content (AvgIpc) is 2.30. The summed E-state index contributed by atoms with van der Waals surface area (Å²) in [5.74, 6) is -0.0500. The highest BCUT2D eigenvalue weighted by molar-refractivity contribution is 5.22. The molecule has 0 amide bonds. The van der Waals surface area contributed by atoms with Crippen LogP contribution in [0.15, 0.2) is 24.3 Å². The molecule has 0 aliphatic carbocycles. The van der Waals surface area contributed by atoms with E-state index in [1.54, 1.807) is 12.1 Å². The van der Waals surface area contributed by atoms with Crippen LogP contribution in [-0.2, 0) is 0 Å². The molecule has 1 fully saturated rings. The third kappa shape index (κ3) is 2.19. The minimum atomic E-state index is -0.185. The van der Waals surface area contributed by atoms with E-state index in [2.05, 4.69) is 5.32 Å². The summed E-state index contributed by atoms with van der Waals surface area (Å²) in [6.07, 6.45) is 2.01. The molecule has 15 heavy (non-hydrogen) atoms. The smallest absolute Gasteiger partial charge is 0.127 e. The van der Waals surface area contributed by atoms with Crippen molar-refractivity contribution >= 4 is 0 Å². The number of hydrogen-bond acceptors (Lipinski definition) is 2. The van der Waals surface area contributed by atoms with E-state index in [0.29, 0.717) is 5.56 Å². The number of benzene rings is 1. The van der Waals surface area contributed by atoms with Gasteiger partial charge in [0.2, 0.25) is 0 Å². The van der Waals surface area contributed by atoms with Crippen LogP contribution in [0.4, 0.5) is 4.39 Å². The van der Waals surface area contributed by atoms with Crippen molar-refractivity contribution < 1.29 is 9.50 Å². The second-order valence-electron chi connectivity index (χ2n) is 4.04. The van der Waals surface area contributed by atoms with Crippen molar-refractivity contribution in [3.05, 3.63) is 35.6 Å². The van der Waals surface area contributed by atoms with E-state index >= 15 is 0 Å². The van der Waals surface area contributed by atoms with E-state index < -0.39 is 0 Å². The van der Waals surface area contributed by atoms with Crippen LogP contribution in [0, 0.1) is 11.7 Å². The molecular formula is C12H16FNO. The highest BCUT2D eigenvalue weighted by Gasteiger charge is 2.27. The highest BCUT2D eigenvalue weighted by Crippen LogP contribution is 2.30. The molecule has 82 valence electrons. The van der Waals surface area contributed by atoms with Crippen molar-refractivity contribution in [2.45, 2.75) is 18.9 Å². The SMILES string of the molecule is OCC1CCCNC1c1ccccc1F. The van der Waals surface area contributed by atoms with Crippen LogP contribution in [0.1, 0.15) is 24.4 Å². The van der Waals surface area contributed by atoms with Crippen molar-refractivity contribution in [1.29, 1.82) is 0 Å². The molecular weight excluding hydrogens is 193 g/mol. The van der Waals surface area contributed by atoms with Crippen molar-refractivity contribution in [3.8, 4) is 0 Å². The van der Waals surface area contributed by atoms with Crippen LogP contribution < -0.4 is 5.32 Å². The molecule has 2 rings (SSSR count). The Morgan fingerprint density at radius 1 is 1.40 bits per heavy atom. The van der Waals surface area contributed by atoms with Gasteiger partial charge in [-0.2, -0.15) is 0 Å². The molecule has 1 heterocycles. The first kappa shape index (κ1) is 10.6.